The van der Waals surface area contributed by atoms with Crippen molar-refractivity contribution in [1.82, 2.24) is 4.57 Å². The summed E-state index contributed by atoms with van der Waals surface area (Å²) >= 11 is 6.68. The molecule has 1 aliphatic rings. The third kappa shape index (κ3) is 5.01. The second kappa shape index (κ2) is 10.5. The van der Waals surface area contributed by atoms with E-state index in [0.717, 1.165) is 4.57 Å². The minimum atomic E-state index is -5.01. The number of ether oxygens (including phenoxy) is 3. The maximum absolute atomic E-state index is 14.2. The first-order valence-electron chi connectivity index (χ1n) is 11.0. The van der Waals surface area contributed by atoms with E-state index in [1.54, 1.807) is 0 Å². The molecule has 0 amide bonds. The molecule has 8 nitrogen and oxygen atoms in total. The number of nitrogens with zero attached hydrogens (tertiary/aromatic N) is 2. The Morgan fingerprint density at radius 2 is 1.79 bits per heavy atom. The largest absolute Gasteiger partial charge is 0.502 e. The lowest BCUT2D eigenvalue weighted by Crippen LogP contribution is -2.41. The van der Waals surface area contributed by atoms with Gasteiger partial charge in [-0.3, -0.25) is 9.36 Å². The highest BCUT2D eigenvalue weighted by Gasteiger charge is 2.45. The van der Waals surface area contributed by atoms with Crippen LogP contribution in [0.15, 0.2) is 57.5 Å². The lowest BCUT2D eigenvalue weighted by atomic mass is 9.95. The summed E-state index contributed by atoms with van der Waals surface area (Å²) in [6.07, 6.45) is -3.62. The number of rotatable bonds is 6. The molecule has 1 N–H and O–H groups in total. The van der Waals surface area contributed by atoms with Gasteiger partial charge in [-0.05, 0) is 48.4 Å². The van der Waals surface area contributed by atoms with Crippen LogP contribution < -0.4 is 24.4 Å². The van der Waals surface area contributed by atoms with Crippen LogP contribution in [0.3, 0.4) is 0 Å². The average molecular weight is 569 g/mol. The van der Waals surface area contributed by atoms with Gasteiger partial charge < -0.3 is 19.3 Å². The smallest absolute Gasteiger partial charge is 0.434 e. The molecule has 0 unspecified atom stereocenters. The van der Waals surface area contributed by atoms with Gasteiger partial charge >= 0.3 is 12.1 Å². The van der Waals surface area contributed by atoms with Gasteiger partial charge in [-0.2, -0.15) is 13.2 Å². The van der Waals surface area contributed by atoms with E-state index >= 15 is 0 Å². The Morgan fingerprint density at radius 1 is 1.18 bits per heavy atom. The summed E-state index contributed by atoms with van der Waals surface area (Å²) in [6.45, 7) is 1.27. The Kier molecular flexibility index (Phi) is 7.56. The van der Waals surface area contributed by atoms with E-state index in [9.17, 15) is 27.9 Å². The van der Waals surface area contributed by atoms with Crippen molar-refractivity contribution in [3.05, 3.63) is 83.5 Å². The first-order valence-corrected chi connectivity index (χ1v) is 12.2. The van der Waals surface area contributed by atoms with Crippen molar-refractivity contribution in [2.45, 2.75) is 19.1 Å². The van der Waals surface area contributed by atoms with Crippen molar-refractivity contribution in [2.24, 2.45) is 4.99 Å². The number of esters is 1. The lowest BCUT2D eigenvalue weighted by molar-refractivity contribution is -0.140. The molecule has 38 heavy (non-hydrogen) atoms. The van der Waals surface area contributed by atoms with Crippen molar-refractivity contribution in [2.75, 3.05) is 20.8 Å². The molecule has 2 heterocycles. The van der Waals surface area contributed by atoms with E-state index in [4.69, 9.17) is 25.8 Å². The molecular formula is C25H20ClF3N2O6S. The Labute approximate surface area is 222 Å². The highest BCUT2D eigenvalue weighted by molar-refractivity contribution is 7.07. The number of thiazole rings is 1. The van der Waals surface area contributed by atoms with Gasteiger partial charge in [-0.15, -0.1) is 0 Å². The van der Waals surface area contributed by atoms with Crippen LogP contribution >= 0.6 is 22.9 Å². The van der Waals surface area contributed by atoms with Gasteiger partial charge in [-0.25, -0.2) is 9.79 Å². The molecule has 0 saturated carbocycles. The number of carbonyl (C=O) groups is 1. The number of fused-ring (bicyclic) bond motifs is 1. The van der Waals surface area contributed by atoms with Crippen molar-refractivity contribution in [3.63, 3.8) is 0 Å². The first kappa shape index (κ1) is 27.3. The van der Waals surface area contributed by atoms with E-state index in [1.807, 2.05) is 0 Å². The zero-order valence-electron chi connectivity index (χ0n) is 20.1. The fourth-order valence-electron chi connectivity index (χ4n) is 3.95. The molecule has 1 aliphatic heterocycles. The van der Waals surface area contributed by atoms with Crippen LogP contribution in [-0.4, -0.2) is 42.6 Å². The molecule has 0 spiro atoms. The number of alkyl halides is 3. The number of aromatic hydroxyl groups is 1. The summed E-state index contributed by atoms with van der Waals surface area (Å²) in [6, 6.07) is 7.12. The molecule has 3 aromatic rings. The van der Waals surface area contributed by atoms with Gasteiger partial charge in [0, 0.05) is 5.02 Å². The highest BCUT2D eigenvalue weighted by Crippen LogP contribution is 2.39. The van der Waals surface area contributed by atoms with Crippen molar-refractivity contribution in [1.29, 1.82) is 0 Å². The van der Waals surface area contributed by atoms with E-state index in [1.165, 1.54) is 63.6 Å². The number of phenolic OH excluding ortho intramolecular Hbond substituents is 1. The fourth-order valence-corrected chi connectivity index (χ4v) is 5.08. The molecule has 1 atom stereocenters. The number of halogens is 4. The number of hydrogen-bond donors (Lipinski definition) is 1. The van der Waals surface area contributed by atoms with E-state index in [-0.39, 0.29) is 38.8 Å². The van der Waals surface area contributed by atoms with Crippen LogP contribution in [0.2, 0.25) is 5.02 Å². The number of aromatic nitrogens is 1. The van der Waals surface area contributed by atoms with Crippen LogP contribution in [0.5, 0.6) is 17.2 Å². The quantitative estimate of drug-likeness (QED) is 0.455. The lowest BCUT2D eigenvalue weighted by Gasteiger charge is -2.26. The molecule has 0 saturated heterocycles. The topological polar surface area (TPSA) is 99.4 Å². The summed E-state index contributed by atoms with van der Waals surface area (Å²) in [4.78, 5) is 29.9. The first-order chi connectivity index (χ1) is 18.0. The van der Waals surface area contributed by atoms with Gasteiger partial charge in [0.2, 0.25) is 5.75 Å². The second-order valence-electron chi connectivity index (χ2n) is 7.89. The molecule has 0 bridgehead atoms. The van der Waals surface area contributed by atoms with Gasteiger partial charge in [0.15, 0.2) is 22.0 Å². The second-order valence-corrected chi connectivity index (χ2v) is 9.33. The Morgan fingerprint density at radius 3 is 2.32 bits per heavy atom. The Bertz CT molecular complexity index is 1580. The third-order valence-corrected chi connectivity index (χ3v) is 6.82. The molecule has 0 radical (unpaired) electrons. The van der Waals surface area contributed by atoms with Crippen molar-refractivity contribution in [3.8, 4) is 17.2 Å². The minimum Gasteiger partial charge on any atom is -0.502 e. The number of allylic oxidation sites excluding steroid dienone is 1. The zero-order valence-corrected chi connectivity index (χ0v) is 21.7. The van der Waals surface area contributed by atoms with Crippen LogP contribution in [-0.2, 0) is 9.53 Å². The maximum Gasteiger partial charge on any atom is 0.434 e. The number of phenols is 1. The molecule has 0 fully saturated rings. The highest BCUT2D eigenvalue weighted by atomic mass is 35.5. The molecule has 4 rings (SSSR count). The van der Waals surface area contributed by atoms with Gasteiger partial charge in [0.05, 0.1) is 37.0 Å². The summed E-state index contributed by atoms with van der Waals surface area (Å²) in [5.74, 6) is -1.38. The predicted octanol–water partition coefficient (Wildman–Crippen LogP) is 3.72. The normalized spacial score (nSPS) is 15.7. The zero-order chi connectivity index (χ0) is 27.8. The monoisotopic (exact) mass is 568 g/mol. The summed E-state index contributed by atoms with van der Waals surface area (Å²) in [5, 5.41) is 10.5. The van der Waals surface area contributed by atoms with Gasteiger partial charge in [0.25, 0.3) is 5.56 Å². The number of carbonyl (C=O) groups excluding carboxylic acids is 1. The van der Waals surface area contributed by atoms with Gasteiger partial charge in [-0.1, -0.05) is 35.1 Å². The average Bonchev–Trinajstić information content (AvgIpc) is 3.18. The molecule has 200 valence electrons. The number of methoxy groups -OCH3 is 2. The molecule has 2 aromatic carbocycles. The minimum absolute atomic E-state index is 0.0177. The molecule has 0 aliphatic carbocycles. The van der Waals surface area contributed by atoms with Crippen molar-refractivity contribution >= 4 is 35.0 Å². The Hall–Kier alpha value is -3.77. The maximum atomic E-state index is 14.2. The Balaban J connectivity index is 2.04. The van der Waals surface area contributed by atoms with Crippen molar-refractivity contribution < 1.29 is 37.3 Å². The molecule has 13 heteroatoms. The fraction of sp³-hybridized carbons (Fsp3) is 0.240. The SMILES string of the molecule is CCOC(=O)C1=C(C(F)(F)F)N=c2s/c(=C/c3cc(OC)c(O)c(OC)c3)c(=O)n2[C@H]1c1ccc(Cl)cc1. The van der Waals surface area contributed by atoms with E-state index in [2.05, 4.69) is 4.99 Å². The van der Waals surface area contributed by atoms with Crippen LogP contribution in [0.25, 0.3) is 6.08 Å². The standard InChI is InChI=1S/C25H20ClF3N2O6S/c1-4-37-23(34)18-19(13-5-7-14(26)8-6-13)31-22(33)17(38-24(31)30-21(18)25(27,28)29)11-12-9-15(35-2)20(32)16(10-12)36-3/h5-11,19,32H,4H2,1-3H3/b17-11+/t19-/m0/s1. The predicted molar refractivity (Wildman–Crippen MR) is 133 cm³/mol. The third-order valence-electron chi connectivity index (χ3n) is 5.58. The summed E-state index contributed by atoms with van der Waals surface area (Å²) in [5.41, 5.74) is -2.38. The van der Waals surface area contributed by atoms with E-state index in [0.29, 0.717) is 21.9 Å². The summed E-state index contributed by atoms with van der Waals surface area (Å²) < 4.78 is 58.8. The van der Waals surface area contributed by atoms with Gasteiger partial charge in [0.1, 0.15) is 0 Å². The number of hydrogen-bond acceptors (Lipinski definition) is 8. The number of benzene rings is 2. The van der Waals surface area contributed by atoms with Crippen LogP contribution in [0.4, 0.5) is 13.2 Å². The van der Waals surface area contributed by atoms with Crippen LogP contribution in [0, 0.1) is 0 Å². The molecular weight excluding hydrogens is 549 g/mol. The van der Waals surface area contributed by atoms with Crippen LogP contribution in [0.1, 0.15) is 24.1 Å². The molecule has 1 aromatic heterocycles. The van der Waals surface area contributed by atoms with E-state index < -0.39 is 35.0 Å². The summed E-state index contributed by atoms with van der Waals surface area (Å²) in [7, 11) is 2.65.